The number of imidazole rings is 1. The third kappa shape index (κ3) is 2.39. The normalized spacial score (nSPS) is 11.0. The zero-order chi connectivity index (χ0) is 13.4. The molecular formula is C13H10BrN3O2. The van der Waals surface area contributed by atoms with Gasteiger partial charge in [-0.1, -0.05) is 28.1 Å². The third-order valence-electron chi connectivity index (χ3n) is 2.79. The van der Waals surface area contributed by atoms with Gasteiger partial charge >= 0.3 is 5.97 Å². The van der Waals surface area contributed by atoms with Crippen LogP contribution in [-0.4, -0.2) is 25.7 Å². The molecule has 0 fully saturated rings. The molecule has 0 bridgehead atoms. The number of aromatic nitrogens is 3. The first-order chi connectivity index (χ1) is 9.11. The first-order valence-corrected chi connectivity index (χ1v) is 6.46. The van der Waals surface area contributed by atoms with E-state index in [2.05, 4.69) is 26.0 Å². The number of H-pyrrole nitrogens is 1. The lowest BCUT2D eigenvalue weighted by Crippen LogP contribution is -1.99. The molecule has 3 aromatic rings. The van der Waals surface area contributed by atoms with Crippen LogP contribution in [0.3, 0.4) is 0 Å². The molecular weight excluding hydrogens is 310 g/mol. The third-order valence-corrected chi connectivity index (χ3v) is 3.31. The van der Waals surface area contributed by atoms with Gasteiger partial charge in [-0.2, -0.15) is 0 Å². The Labute approximate surface area is 117 Å². The fraction of sp³-hybridized carbons (Fsp3) is 0.0769. The molecule has 2 heterocycles. The van der Waals surface area contributed by atoms with Crippen molar-refractivity contribution in [2.24, 2.45) is 0 Å². The SMILES string of the molecule is O=C(O)Cc1cn2[nH]c(-c3ccc(Br)cc3)cc2n1. The topological polar surface area (TPSA) is 70.4 Å². The van der Waals surface area contributed by atoms with Crippen molar-refractivity contribution in [2.45, 2.75) is 6.42 Å². The van der Waals surface area contributed by atoms with E-state index in [1.807, 2.05) is 30.3 Å². The molecule has 0 unspecified atom stereocenters. The van der Waals surface area contributed by atoms with E-state index < -0.39 is 5.97 Å². The number of fused-ring (bicyclic) bond motifs is 1. The summed E-state index contributed by atoms with van der Waals surface area (Å²) in [5.41, 5.74) is 3.25. The van der Waals surface area contributed by atoms with Crippen LogP contribution in [0, 0.1) is 0 Å². The lowest BCUT2D eigenvalue weighted by atomic mass is 10.2. The van der Waals surface area contributed by atoms with Crippen molar-refractivity contribution < 1.29 is 9.90 Å². The zero-order valence-electron chi connectivity index (χ0n) is 9.80. The predicted molar refractivity (Wildman–Crippen MR) is 74.0 cm³/mol. The molecule has 96 valence electrons. The second kappa shape index (κ2) is 4.55. The Kier molecular flexibility index (Phi) is 2.87. The van der Waals surface area contributed by atoms with Gasteiger partial charge in [-0.3, -0.25) is 9.89 Å². The van der Waals surface area contributed by atoms with E-state index >= 15 is 0 Å². The van der Waals surface area contributed by atoms with Gasteiger partial charge in [-0.25, -0.2) is 9.50 Å². The van der Waals surface area contributed by atoms with Crippen molar-refractivity contribution in [3.63, 3.8) is 0 Å². The van der Waals surface area contributed by atoms with Crippen LogP contribution in [0.15, 0.2) is 41.0 Å². The zero-order valence-corrected chi connectivity index (χ0v) is 11.4. The number of rotatable bonds is 3. The molecule has 5 nitrogen and oxygen atoms in total. The highest BCUT2D eigenvalue weighted by molar-refractivity contribution is 9.10. The number of hydrogen-bond donors (Lipinski definition) is 2. The Morgan fingerprint density at radius 3 is 2.74 bits per heavy atom. The summed E-state index contributed by atoms with van der Waals surface area (Å²) in [7, 11) is 0. The minimum Gasteiger partial charge on any atom is -0.481 e. The number of aliphatic carboxylic acids is 1. The van der Waals surface area contributed by atoms with Crippen LogP contribution in [0.25, 0.3) is 16.9 Å². The van der Waals surface area contributed by atoms with Crippen molar-refractivity contribution in [1.82, 2.24) is 14.6 Å². The van der Waals surface area contributed by atoms with Gasteiger partial charge in [-0.15, -0.1) is 0 Å². The second-order valence-electron chi connectivity index (χ2n) is 4.21. The number of carboxylic acid groups (broad SMARTS) is 1. The highest BCUT2D eigenvalue weighted by Gasteiger charge is 2.09. The molecule has 2 aromatic heterocycles. The fourth-order valence-electron chi connectivity index (χ4n) is 1.94. The smallest absolute Gasteiger partial charge is 0.309 e. The van der Waals surface area contributed by atoms with E-state index in [0.717, 1.165) is 15.7 Å². The standard InChI is InChI=1S/C13H10BrN3O2/c14-9-3-1-8(2-4-9)11-6-12-15-10(5-13(18)19)7-17(12)16-11/h1-4,6-7,16H,5H2,(H,18,19). The lowest BCUT2D eigenvalue weighted by Gasteiger charge is -1.97. The van der Waals surface area contributed by atoms with Gasteiger partial charge in [0.25, 0.3) is 0 Å². The van der Waals surface area contributed by atoms with Gasteiger partial charge in [0.15, 0.2) is 5.65 Å². The Morgan fingerprint density at radius 1 is 1.37 bits per heavy atom. The molecule has 0 saturated carbocycles. The van der Waals surface area contributed by atoms with E-state index in [9.17, 15) is 4.79 Å². The van der Waals surface area contributed by atoms with Crippen LogP contribution in [0.5, 0.6) is 0 Å². The molecule has 1 aromatic carbocycles. The molecule has 0 aliphatic rings. The minimum absolute atomic E-state index is 0.0663. The van der Waals surface area contributed by atoms with Gasteiger partial charge in [0.2, 0.25) is 0 Å². The number of halogens is 1. The predicted octanol–water partition coefficient (Wildman–Crippen LogP) is 2.72. The maximum Gasteiger partial charge on any atom is 0.309 e. The molecule has 19 heavy (non-hydrogen) atoms. The average Bonchev–Trinajstić information content (AvgIpc) is 2.86. The molecule has 0 atom stereocenters. The molecule has 2 N–H and O–H groups in total. The average molecular weight is 320 g/mol. The van der Waals surface area contributed by atoms with Crippen LogP contribution in [-0.2, 0) is 11.2 Å². The van der Waals surface area contributed by atoms with Crippen molar-refractivity contribution in [2.75, 3.05) is 0 Å². The number of aromatic amines is 1. The number of carboxylic acids is 1. The van der Waals surface area contributed by atoms with Crippen molar-refractivity contribution >= 4 is 27.5 Å². The van der Waals surface area contributed by atoms with E-state index in [-0.39, 0.29) is 6.42 Å². The molecule has 3 rings (SSSR count). The molecule has 0 amide bonds. The van der Waals surface area contributed by atoms with E-state index in [1.165, 1.54) is 0 Å². The van der Waals surface area contributed by atoms with E-state index in [0.29, 0.717) is 11.3 Å². The summed E-state index contributed by atoms with van der Waals surface area (Å²) in [6.07, 6.45) is 1.63. The second-order valence-corrected chi connectivity index (χ2v) is 5.12. The molecule has 6 heteroatoms. The van der Waals surface area contributed by atoms with Crippen LogP contribution >= 0.6 is 15.9 Å². The van der Waals surface area contributed by atoms with Crippen molar-refractivity contribution in [3.05, 3.63) is 46.7 Å². The summed E-state index contributed by atoms with van der Waals surface area (Å²) in [5.74, 6) is -0.881. The largest absolute Gasteiger partial charge is 0.481 e. The summed E-state index contributed by atoms with van der Waals surface area (Å²) >= 11 is 3.39. The quantitative estimate of drug-likeness (QED) is 0.779. The number of benzene rings is 1. The molecule has 0 aliphatic carbocycles. The van der Waals surface area contributed by atoms with Crippen LogP contribution < -0.4 is 0 Å². The molecule has 0 aliphatic heterocycles. The fourth-order valence-corrected chi connectivity index (χ4v) is 2.21. The summed E-state index contributed by atoms with van der Waals surface area (Å²) in [6, 6.07) is 9.82. The Bertz CT molecular complexity index is 711. The van der Waals surface area contributed by atoms with Gasteiger partial charge < -0.3 is 5.11 Å². The van der Waals surface area contributed by atoms with E-state index in [1.54, 1.807) is 10.7 Å². The van der Waals surface area contributed by atoms with Crippen LogP contribution in [0.4, 0.5) is 0 Å². The minimum atomic E-state index is -0.881. The number of hydrogen-bond acceptors (Lipinski definition) is 2. The van der Waals surface area contributed by atoms with E-state index in [4.69, 9.17) is 5.11 Å². The van der Waals surface area contributed by atoms with Gasteiger partial charge in [0.05, 0.1) is 24.0 Å². The first-order valence-electron chi connectivity index (χ1n) is 5.66. The van der Waals surface area contributed by atoms with Gasteiger partial charge in [-0.05, 0) is 17.7 Å². The monoisotopic (exact) mass is 319 g/mol. The van der Waals surface area contributed by atoms with Gasteiger partial charge in [0.1, 0.15) is 0 Å². The maximum atomic E-state index is 10.6. The molecule has 0 saturated heterocycles. The highest BCUT2D eigenvalue weighted by Crippen LogP contribution is 2.21. The Balaban J connectivity index is 1.96. The van der Waals surface area contributed by atoms with Crippen molar-refractivity contribution in [1.29, 1.82) is 0 Å². The molecule has 0 spiro atoms. The summed E-state index contributed by atoms with van der Waals surface area (Å²) in [6.45, 7) is 0. The number of nitrogens with one attached hydrogen (secondary N) is 1. The first kappa shape index (κ1) is 12.0. The lowest BCUT2D eigenvalue weighted by molar-refractivity contribution is -0.136. The van der Waals surface area contributed by atoms with Crippen molar-refractivity contribution in [3.8, 4) is 11.3 Å². The Hall–Kier alpha value is -2.08. The number of carbonyl (C=O) groups is 1. The summed E-state index contributed by atoms with van der Waals surface area (Å²) in [5, 5.41) is 11.9. The van der Waals surface area contributed by atoms with Gasteiger partial charge in [0, 0.05) is 10.5 Å². The van der Waals surface area contributed by atoms with Crippen LogP contribution in [0.1, 0.15) is 5.69 Å². The number of nitrogens with zero attached hydrogens (tertiary/aromatic N) is 2. The maximum absolute atomic E-state index is 10.6. The highest BCUT2D eigenvalue weighted by atomic mass is 79.9. The molecule has 0 radical (unpaired) electrons. The summed E-state index contributed by atoms with van der Waals surface area (Å²) in [4.78, 5) is 14.9. The Morgan fingerprint density at radius 2 is 2.11 bits per heavy atom. The summed E-state index contributed by atoms with van der Waals surface area (Å²) < 4.78 is 2.76. The van der Waals surface area contributed by atoms with Crippen LogP contribution in [0.2, 0.25) is 0 Å².